The molecule has 1 aromatic heterocycles. The highest BCUT2D eigenvalue weighted by atomic mass is 16.2. The Kier molecular flexibility index (Phi) is 5.04. The monoisotopic (exact) mass is 396 g/mol. The van der Waals surface area contributed by atoms with E-state index in [1.165, 1.54) is 11.2 Å². The van der Waals surface area contributed by atoms with Gasteiger partial charge in [0.1, 0.15) is 24.7 Å². The van der Waals surface area contributed by atoms with Gasteiger partial charge in [-0.05, 0) is 30.5 Å². The van der Waals surface area contributed by atoms with Gasteiger partial charge in [-0.2, -0.15) is 5.10 Å². The molecule has 1 saturated heterocycles. The topological polar surface area (TPSA) is 100 Å². The fourth-order valence-electron chi connectivity index (χ4n) is 4.26. The van der Waals surface area contributed by atoms with Gasteiger partial charge in [-0.3, -0.25) is 14.5 Å². The molecule has 4 rings (SSSR count). The highest BCUT2D eigenvalue weighted by molar-refractivity contribution is 6.10. The van der Waals surface area contributed by atoms with Crippen molar-refractivity contribution in [2.45, 2.75) is 44.2 Å². The molecule has 29 heavy (non-hydrogen) atoms. The van der Waals surface area contributed by atoms with Crippen molar-refractivity contribution in [2.75, 3.05) is 18.9 Å². The van der Waals surface area contributed by atoms with Crippen LogP contribution in [0.3, 0.4) is 0 Å². The number of hydrogen-bond acceptors (Lipinski definition) is 5. The predicted octanol–water partition coefficient (Wildman–Crippen LogP) is 1.86. The molecule has 1 N–H and O–H groups in total. The number of carbonyl (C=O) groups excluding carboxylic acids is 3. The van der Waals surface area contributed by atoms with Crippen molar-refractivity contribution in [3.63, 3.8) is 0 Å². The number of nitrogens with zero attached hydrogens (tertiary/aromatic N) is 5. The van der Waals surface area contributed by atoms with E-state index in [-0.39, 0.29) is 12.5 Å². The highest BCUT2D eigenvalue weighted by Crippen LogP contribution is 2.39. The first-order valence-electron chi connectivity index (χ1n) is 9.80. The Morgan fingerprint density at radius 2 is 2.00 bits per heavy atom. The normalized spacial score (nSPS) is 18.5. The molecule has 0 radical (unpaired) electrons. The molecule has 1 saturated carbocycles. The van der Waals surface area contributed by atoms with Crippen LogP contribution in [0.15, 0.2) is 36.9 Å². The van der Waals surface area contributed by atoms with Crippen molar-refractivity contribution in [1.29, 1.82) is 0 Å². The van der Waals surface area contributed by atoms with E-state index in [2.05, 4.69) is 15.4 Å². The van der Waals surface area contributed by atoms with Crippen LogP contribution in [0, 0.1) is 0 Å². The molecule has 1 spiro atoms. The summed E-state index contributed by atoms with van der Waals surface area (Å²) in [5, 5.41) is 6.85. The van der Waals surface area contributed by atoms with Crippen LogP contribution in [0.4, 0.5) is 10.5 Å². The number of carbonyl (C=O) groups is 3. The average Bonchev–Trinajstić information content (AvgIpc) is 3.28. The Morgan fingerprint density at radius 1 is 1.21 bits per heavy atom. The van der Waals surface area contributed by atoms with Gasteiger partial charge < -0.3 is 10.2 Å². The number of anilines is 1. The SMILES string of the molecule is CN1C(=O)N(CC(=O)Nc2cccc(Cn3cncn3)c2)C(=O)C12CCCCC2. The van der Waals surface area contributed by atoms with Gasteiger partial charge in [0.25, 0.3) is 5.91 Å². The molecule has 0 atom stereocenters. The molecule has 1 aromatic carbocycles. The van der Waals surface area contributed by atoms with Crippen molar-refractivity contribution in [3.05, 3.63) is 42.5 Å². The second-order valence-electron chi connectivity index (χ2n) is 7.67. The molecule has 9 heteroatoms. The van der Waals surface area contributed by atoms with E-state index >= 15 is 0 Å². The molecule has 2 heterocycles. The zero-order valence-electron chi connectivity index (χ0n) is 16.4. The number of imide groups is 1. The lowest BCUT2D eigenvalue weighted by atomic mass is 9.81. The van der Waals surface area contributed by atoms with Crippen molar-refractivity contribution in [1.82, 2.24) is 24.6 Å². The van der Waals surface area contributed by atoms with Crippen molar-refractivity contribution in [3.8, 4) is 0 Å². The fourth-order valence-corrected chi connectivity index (χ4v) is 4.26. The first kappa shape index (κ1) is 19.1. The lowest BCUT2D eigenvalue weighted by Gasteiger charge is -2.35. The lowest BCUT2D eigenvalue weighted by Crippen LogP contribution is -2.49. The van der Waals surface area contributed by atoms with Gasteiger partial charge in [-0.25, -0.2) is 14.5 Å². The van der Waals surface area contributed by atoms with E-state index in [0.29, 0.717) is 25.1 Å². The van der Waals surface area contributed by atoms with E-state index in [9.17, 15) is 14.4 Å². The first-order valence-corrected chi connectivity index (χ1v) is 9.80. The molecule has 2 fully saturated rings. The summed E-state index contributed by atoms with van der Waals surface area (Å²) in [6, 6.07) is 6.96. The largest absolute Gasteiger partial charge is 0.327 e. The molecule has 9 nitrogen and oxygen atoms in total. The van der Waals surface area contributed by atoms with Crippen LogP contribution < -0.4 is 5.32 Å². The van der Waals surface area contributed by atoms with Gasteiger partial charge in [0.2, 0.25) is 5.91 Å². The van der Waals surface area contributed by atoms with Crippen LogP contribution in [0.5, 0.6) is 0 Å². The molecule has 1 aliphatic heterocycles. The number of rotatable bonds is 5. The minimum atomic E-state index is -0.771. The smallest absolute Gasteiger partial charge is 0.325 e. The van der Waals surface area contributed by atoms with Gasteiger partial charge in [-0.1, -0.05) is 31.4 Å². The third kappa shape index (κ3) is 3.59. The lowest BCUT2D eigenvalue weighted by molar-refractivity contribution is -0.136. The summed E-state index contributed by atoms with van der Waals surface area (Å²) in [5.41, 5.74) is 0.780. The van der Waals surface area contributed by atoms with Crippen molar-refractivity contribution >= 4 is 23.5 Å². The van der Waals surface area contributed by atoms with E-state index < -0.39 is 17.5 Å². The molecule has 4 amide bonds. The Balaban J connectivity index is 1.42. The molecule has 2 aromatic rings. The minimum absolute atomic E-state index is 0.250. The Labute approximate surface area is 168 Å². The third-order valence-electron chi connectivity index (χ3n) is 5.81. The molecule has 152 valence electrons. The quantitative estimate of drug-likeness (QED) is 0.778. The first-order chi connectivity index (χ1) is 14.0. The van der Waals surface area contributed by atoms with Crippen LogP contribution in [0.2, 0.25) is 0 Å². The van der Waals surface area contributed by atoms with Gasteiger partial charge >= 0.3 is 6.03 Å². The predicted molar refractivity (Wildman–Crippen MR) is 105 cm³/mol. The number of amides is 4. The zero-order valence-corrected chi connectivity index (χ0v) is 16.4. The summed E-state index contributed by atoms with van der Waals surface area (Å²) in [7, 11) is 1.66. The maximum absolute atomic E-state index is 13.0. The van der Waals surface area contributed by atoms with Crippen molar-refractivity contribution in [2.24, 2.45) is 0 Å². The Bertz CT molecular complexity index is 920. The second kappa shape index (κ2) is 7.65. The zero-order chi connectivity index (χ0) is 20.4. The highest BCUT2D eigenvalue weighted by Gasteiger charge is 2.55. The third-order valence-corrected chi connectivity index (χ3v) is 5.81. The number of hydrogen-bond donors (Lipinski definition) is 1. The van der Waals surface area contributed by atoms with E-state index in [1.807, 2.05) is 18.2 Å². The second-order valence-corrected chi connectivity index (χ2v) is 7.67. The number of likely N-dealkylation sites (N-methyl/N-ethyl adjacent to an activating group) is 1. The number of nitrogens with one attached hydrogen (secondary N) is 1. The summed E-state index contributed by atoms with van der Waals surface area (Å²) >= 11 is 0. The van der Waals surface area contributed by atoms with E-state index in [0.717, 1.165) is 29.7 Å². The molecule has 0 bridgehead atoms. The van der Waals surface area contributed by atoms with Gasteiger partial charge in [0.05, 0.1) is 6.54 Å². The fraction of sp³-hybridized carbons (Fsp3) is 0.450. The van der Waals surface area contributed by atoms with E-state index in [4.69, 9.17) is 0 Å². The van der Waals surface area contributed by atoms with Crippen LogP contribution in [0.25, 0.3) is 0 Å². The van der Waals surface area contributed by atoms with Gasteiger partial charge in [0.15, 0.2) is 0 Å². The average molecular weight is 396 g/mol. The molecular formula is C20H24N6O3. The standard InChI is InChI=1S/C20H24N6O3/c1-24-19(29)26(18(28)20(24)8-3-2-4-9-20)12-17(27)23-16-7-5-6-15(10-16)11-25-14-21-13-22-25/h5-7,10,13-14H,2-4,8-9,11-12H2,1H3,(H,23,27). The summed E-state index contributed by atoms with van der Waals surface area (Å²) in [4.78, 5) is 44.7. The molecule has 2 aliphatic rings. The summed E-state index contributed by atoms with van der Waals surface area (Å²) in [6.07, 6.45) is 7.32. The van der Waals surface area contributed by atoms with Crippen LogP contribution >= 0.6 is 0 Å². The van der Waals surface area contributed by atoms with Gasteiger partial charge in [0, 0.05) is 12.7 Å². The molecular weight excluding hydrogens is 372 g/mol. The van der Waals surface area contributed by atoms with Crippen LogP contribution in [-0.2, 0) is 16.1 Å². The van der Waals surface area contributed by atoms with Crippen LogP contribution in [-0.4, -0.2) is 61.5 Å². The van der Waals surface area contributed by atoms with Crippen LogP contribution in [0.1, 0.15) is 37.7 Å². The molecule has 1 aliphatic carbocycles. The Morgan fingerprint density at radius 3 is 2.72 bits per heavy atom. The summed E-state index contributed by atoms with van der Waals surface area (Å²) in [6.45, 7) is 0.247. The van der Waals surface area contributed by atoms with Crippen molar-refractivity contribution < 1.29 is 14.4 Å². The van der Waals surface area contributed by atoms with E-state index in [1.54, 1.807) is 24.1 Å². The molecule has 0 unspecified atom stereocenters. The minimum Gasteiger partial charge on any atom is -0.325 e. The Hall–Kier alpha value is -3.23. The van der Waals surface area contributed by atoms with Gasteiger partial charge in [-0.15, -0.1) is 0 Å². The number of aromatic nitrogens is 3. The summed E-state index contributed by atoms with van der Waals surface area (Å²) in [5.74, 6) is -0.648. The number of benzene rings is 1. The number of urea groups is 1. The maximum atomic E-state index is 13.0. The maximum Gasteiger partial charge on any atom is 0.327 e. The summed E-state index contributed by atoms with van der Waals surface area (Å²) < 4.78 is 1.68.